The molecular weight excluding hydrogens is 277 g/mol. The lowest BCUT2D eigenvalue weighted by Crippen LogP contribution is -2.63. The molecule has 0 radical (unpaired) electrons. The summed E-state index contributed by atoms with van der Waals surface area (Å²) in [6.45, 7) is 9.25. The molecule has 20 heavy (non-hydrogen) atoms. The zero-order valence-corrected chi connectivity index (χ0v) is 12.3. The van der Waals surface area contributed by atoms with Crippen LogP contribution in [0.4, 0.5) is 13.2 Å². The maximum absolute atomic E-state index is 12.9. The number of ether oxygens (including phenoxy) is 2. The summed E-state index contributed by atoms with van der Waals surface area (Å²) >= 11 is 0. The lowest BCUT2D eigenvalue weighted by atomic mass is 9.81. The Balaban J connectivity index is 3.30. The molecule has 0 bridgehead atoms. The Morgan fingerprint density at radius 2 is 1.35 bits per heavy atom. The third-order valence-electron chi connectivity index (χ3n) is 2.30. The van der Waals surface area contributed by atoms with Crippen molar-refractivity contribution in [1.29, 1.82) is 0 Å². The standard InChI is InChI=1S/C13H19F3O4/c1-10(2,3)19-7-8(17)12(18,13(14,15)16)9(7)20-11(4,5)6/h18H,1-6H3. The Hall–Kier alpha value is -1.24. The van der Waals surface area contributed by atoms with Crippen molar-refractivity contribution in [2.45, 2.75) is 64.5 Å². The van der Waals surface area contributed by atoms with Gasteiger partial charge in [0.15, 0.2) is 5.76 Å². The maximum atomic E-state index is 12.9. The molecular formula is C13H19F3O4. The fraction of sp³-hybridized carbons (Fsp3) is 0.769. The van der Waals surface area contributed by atoms with Gasteiger partial charge in [0, 0.05) is 0 Å². The largest absolute Gasteiger partial charge is 0.485 e. The summed E-state index contributed by atoms with van der Waals surface area (Å²) in [6, 6.07) is 0. The zero-order valence-electron chi connectivity index (χ0n) is 12.3. The second-order valence-corrected chi connectivity index (χ2v) is 6.62. The molecule has 0 heterocycles. The Bertz CT molecular complexity index is 452. The van der Waals surface area contributed by atoms with Crippen molar-refractivity contribution < 1.29 is 32.5 Å². The smallest absolute Gasteiger partial charge is 0.432 e. The molecule has 0 fully saturated rings. The first kappa shape index (κ1) is 16.8. The van der Waals surface area contributed by atoms with Crippen LogP contribution in [0.2, 0.25) is 0 Å². The Labute approximate surface area is 115 Å². The summed E-state index contributed by atoms with van der Waals surface area (Å²) < 4.78 is 49.1. The fourth-order valence-electron chi connectivity index (χ4n) is 1.56. The van der Waals surface area contributed by atoms with E-state index in [1.54, 1.807) is 20.8 Å². The summed E-state index contributed by atoms with van der Waals surface area (Å²) in [7, 11) is 0. The molecule has 0 amide bonds. The number of carbonyl (C=O) groups excluding carboxylic acids is 1. The molecule has 1 aliphatic carbocycles. The highest BCUT2D eigenvalue weighted by Crippen LogP contribution is 2.49. The Kier molecular flexibility index (Phi) is 3.68. The van der Waals surface area contributed by atoms with Crippen LogP contribution in [-0.2, 0) is 14.3 Å². The first-order chi connectivity index (χ1) is 8.59. The third kappa shape index (κ3) is 2.92. The van der Waals surface area contributed by atoms with Gasteiger partial charge >= 0.3 is 6.18 Å². The highest BCUT2D eigenvalue weighted by molar-refractivity contribution is 6.10. The van der Waals surface area contributed by atoms with Gasteiger partial charge in [0.05, 0.1) is 0 Å². The van der Waals surface area contributed by atoms with Crippen LogP contribution in [0.3, 0.4) is 0 Å². The van der Waals surface area contributed by atoms with Gasteiger partial charge in [0.25, 0.3) is 5.60 Å². The van der Waals surface area contributed by atoms with Gasteiger partial charge in [-0.25, -0.2) is 0 Å². The summed E-state index contributed by atoms with van der Waals surface area (Å²) in [4.78, 5) is 11.7. The molecule has 0 aromatic rings. The van der Waals surface area contributed by atoms with Gasteiger partial charge in [-0.05, 0) is 41.5 Å². The second-order valence-electron chi connectivity index (χ2n) is 6.62. The fourth-order valence-corrected chi connectivity index (χ4v) is 1.56. The Morgan fingerprint density at radius 1 is 0.950 bits per heavy atom. The number of hydrogen-bond acceptors (Lipinski definition) is 4. The highest BCUT2D eigenvalue weighted by Gasteiger charge is 2.73. The molecule has 0 aromatic heterocycles. The van der Waals surface area contributed by atoms with Crippen molar-refractivity contribution in [3.63, 3.8) is 0 Å². The summed E-state index contributed by atoms with van der Waals surface area (Å²) in [5.74, 6) is -2.98. The summed E-state index contributed by atoms with van der Waals surface area (Å²) in [5, 5.41) is 9.67. The van der Waals surface area contributed by atoms with Gasteiger partial charge in [0.2, 0.25) is 11.5 Å². The first-order valence-corrected chi connectivity index (χ1v) is 6.06. The molecule has 4 nitrogen and oxygen atoms in total. The lowest BCUT2D eigenvalue weighted by molar-refractivity contribution is -0.263. The van der Waals surface area contributed by atoms with Gasteiger partial charge < -0.3 is 14.6 Å². The number of aliphatic hydroxyl groups is 1. The van der Waals surface area contributed by atoms with Crippen LogP contribution in [0.5, 0.6) is 0 Å². The quantitative estimate of drug-likeness (QED) is 0.851. The van der Waals surface area contributed by atoms with Crippen LogP contribution in [0, 0.1) is 0 Å². The van der Waals surface area contributed by atoms with Crippen molar-refractivity contribution in [2.24, 2.45) is 0 Å². The van der Waals surface area contributed by atoms with Crippen LogP contribution in [0.25, 0.3) is 0 Å². The van der Waals surface area contributed by atoms with E-state index < -0.39 is 40.3 Å². The molecule has 7 heteroatoms. The van der Waals surface area contributed by atoms with Gasteiger partial charge in [-0.1, -0.05) is 0 Å². The minimum atomic E-state index is -5.16. The molecule has 1 unspecified atom stereocenters. The Morgan fingerprint density at radius 3 is 1.65 bits per heavy atom. The molecule has 0 saturated carbocycles. The average Bonchev–Trinajstić information content (AvgIpc) is 2.17. The van der Waals surface area contributed by atoms with E-state index >= 15 is 0 Å². The van der Waals surface area contributed by atoms with Crippen molar-refractivity contribution >= 4 is 5.78 Å². The first-order valence-electron chi connectivity index (χ1n) is 6.06. The van der Waals surface area contributed by atoms with Crippen molar-refractivity contribution in [1.82, 2.24) is 0 Å². The van der Waals surface area contributed by atoms with Crippen LogP contribution in [0.1, 0.15) is 41.5 Å². The molecule has 1 aliphatic rings. The van der Waals surface area contributed by atoms with E-state index in [1.165, 1.54) is 20.8 Å². The second kappa shape index (κ2) is 4.38. The molecule has 0 aromatic carbocycles. The van der Waals surface area contributed by atoms with Crippen molar-refractivity contribution in [3.8, 4) is 0 Å². The minimum absolute atomic E-state index is 0.577. The SMILES string of the molecule is CC(C)(C)OC1=C(OC(C)(C)C)C(O)(C(F)(F)F)C1=O. The van der Waals surface area contributed by atoms with Crippen LogP contribution in [-0.4, -0.2) is 33.9 Å². The number of ketones is 1. The highest BCUT2D eigenvalue weighted by atomic mass is 19.4. The number of alkyl halides is 3. The van der Waals surface area contributed by atoms with E-state index in [4.69, 9.17) is 9.47 Å². The zero-order chi connectivity index (χ0) is 16.1. The molecule has 1 N–H and O–H groups in total. The topological polar surface area (TPSA) is 55.8 Å². The van der Waals surface area contributed by atoms with Crippen LogP contribution >= 0.6 is 0 Å². The molecule has 116 valence electrons. The number of halogens is 3. The van der Waals surface area contributed by atoms with Crippen LogP contribution < -0.4 is 0 Å². The van der Waals surface area contributed by atoms with E-state index in [1.807, 2.05) is 0 Å². The maximum Gasteiger partial charge on any atom is 0.432 e. The van der Waals surface area contributed by atoms with Crippen molar-refractivity contribution in [3.05, 3.63) is 11.5 Å². The van der Waals surface area contributed by atoms with E-state index in [2.05, 4.69) is 0 Å². The third-order valence-corrected chi connectivity index (χ3v) is 2.30. The van der Waals surface area contributed by atoms with Gasteiger partial charge in [-0.2, -0.15) is 13.2 Å². The normalized spacial score (nSPS) is 24.6. The molecule has 1 rings (SSSR count). The van der Waals surface area contributed by atoms with E-state index in [9.17, 15) is 23.1 Å². The average molecular weight is 296 g/mol. The minimum Gasteiger partial charge on any atom is -0.485 e. The van der Waals surface area contributed by atoms with Gasteiger partial charge in [-0.15, -0.1) is 0 Å². The number of hydrogen-bond donors (Lipinski definition) is 1. The molecule has 0 saturated heterocycles. The van der Waals surface area contributed by atoms with E-state index in [-0.39, 0.29) is 0 Å². The van der Waals surface area contributed by atoms with Gasteiger partial charge in [0.1, 0.15) is 11.2 Å². The molecule has 0 spiro atoms. The lowest BCUT2D eigenvalue weighted by Gasteiger charge is -2.43. The van der Waals surface area contributed by atoms with Crippen molar-refractivity contribution in [2.75, 3.05) is 0 Å². The summed E-state index contributed by atoms with van der Waals surface area (Å²) in [5.41, 5.74) is -5.52. The number of rotatable bonds is 2. The molecule has 0 aliphatic heterocycles. The predicted octanol–water partition coefficient (Wildman–Crippen LogP) is 2.70. The summed E-state index contributed by atoms with van der Waals surface area (Å²) in [6.07, 6.45) is -5.16. The number of carbonyl (C=O) groups is 1. The van der Waals surface area contributed by atoms with Gasteiger partial charge in [-0.3, -0.25) is 4.79 Å². The number of Topliss-reactive ketones (excluding diaryl/α,β-unsaturated/α-hetero) is 1. The van der Waals surface area contributed by atoms with E-state index in [0.29, 0.717) is 0 Å². The monoisotopic (exact) mass is 296 g/mol. The van der Waals surface area contributed by atoms with Crippen LogP contribution in [0.15, 0.2) is 11.5 Å². The molecule has 1 atom stereocenters. The predicted molar refractivity (Wildman–Crippen MR) is 64.7 cm³/mol. The van der Waals surface area contributed by atoms with E-state index in [0.717, 1.165) is 0 Å².